The van der Waals surface area contributed by atoms with Crippen LogP contribution in [0, 0.1) is 0 Å². The Morgan fingerprint density at radius 1 is 1.20 bits per heavy atom. The van der Waals surface area contributed by atoms with E-state index in [1.807, 2.05) is 43.3 Å². The van der Waals surface area contributed by atoms with Crippen LogP contribution in [0.4, 0.5) is 5.69 Å². The van der Waals surface area contributed by atoms with E-state index in [4.69, 9.17) is 9.47 Å². The Bertz CT molecular complexity index is 700. The summed E-state index contributed by atoms with van der Waals surface area (Å²) in [7, 11) is 0. The molecule has 1 aliphatic rings. The average Bonchev–Trinajstić information content (AvgIpc) is 3.07. The van der Waals surface area contributed by atoms with Gasteiger partial charge in [0, 0.05) is 31.4 Å². The number of anilines is 1. The van der Waals surface area contributed by atoms with Gasteiger partial charge < -0.3 is 20.1 Å². The Labute approximate surface area is 147 Å². The Morgan fingerprint density at radius 3 is 2.72 bits per heavy atom. The van der Waals surface area contributed by atoms with Gasteiger partial charge in [-0.2, -0.15) is 0 Å². The lowest BCUT2D eigenvalue weighted by Crippen LogP contribution is -2.28. The Balaban J connectivity index is 1.51. The van der Waals surface area contributed by atoms with E-state index >= 15 is 0 Å². The number of hydrogen-bond acceptors (Lipinski definition) is 5. The molecule has 25 heavy (non-hydrogen) atoms. The van der Waals surface area contributed by atoms with Crippen LogP contribution in [0.1, 0.15) is 29.4 Å². The zero-order valence-corrected chi connectivity index (χ0v) is 14.3. The lowest BCUT2D eigenvalue weighted by molar-refractivity contribution is -0.144. The molecule has 6 nitrogen and oxygen atoms in total. The van der Waals surface area contributed by atoms with Gasteiger partial charge in [0.15, 0.2) is 5.79 Å². The monoisotopic (exact) mass is 341 g/mol. The van der Waals surface area contributed by atoms with Crippen molar-refractivity contribution in [1.29, 1.82) is 0 Å². The molecule has 6 heteroatoms. The largest absolute Gasteiger partial charge is 0.385 e. The molecule has 0 atom stereocenters. The minimum absolute atomic E-state index is 0.193. The second-order valence-electron chi connectivity index (χ2n) is 6.11. The smallest absolute Gasteiger partial charge is 0.270 e. The molecule has 0 unspecified atom stereocenters. The van der Waals surface area contributed by atoms with Crippen LogP contribution in [0.25, 0.3) is 0 Å². The van der Waals surface area contributed by atoms with Crippen molar-refractivity contribution in [1.82, 2.24) is 10.3 Å². The lowest BCUT2D eigenvalue weighted by atomic mass is 10.2. The van der Waals surface area contributed by atoms with E-state index in [2.05, 4.69) is 15.6 Å². The molecule has 0 spiro atoms. The van der Waals surface area contributed by atoms with Gasteiger partial charge in [0.2, 0.25) is 0 Å². The maximum absolute atomic E-state index is 12.3. The van der Waals surface area contributed by atoms with Crippen LogP contribution in [0.3, 0.4) is 0 Å². The molecule has 3 rings (SSSR count). The molecule has 0 bridgehead atoms. The average molecular weight is 341 g/mol. The van der Waals surface area contributed by atoms with Crippen molar-refractivity contribution < 1.29 is 14.3 Å². The van der Waals surface area contributed by atoms with Crippen LogP contribution in [0.2, 0.25) is 0 Å². The number of carbonyl (C=O) groups excluding carboxylic acids is 1. The summed E-state index contributed by atoms with van der Waals surface area (Å²) in [6.45, 7) is 4.38. The molecular formula is C19H23N3O3. The van der Waals surface area contributed by atoms with Gasteiger partial charge in [0.1, 0.15) is 5.69 Å². The first-order chi connectivity index (χ1) is 12.1. The van der Waals surface area contributed by atoms with Gasteiger partial charge in [-0.25, -0.2) is 0 Å². The Morgan fingerprint density at radius 2 is 1.96 bits per heavy atom. The third kappa shape index (κ3) is 5.01. The molecule has 0 radical (unpaired) electrons. The maximum Gasteiger partial charge on any atom is 0.270 e. The standard InChI is InChI=1S/C19H23N3O3/c1-19(24-11-12-25-19)8-10-20-16-7-9-21-17(13-16)18(23)22-14-15-5-3-2-4-6-15/h2-7,9,13H,8,10-12,14H2,1H3,(H,20,21)(H,22,23). The minimum atomic E-state index is -0.518. The van der Waals surface area contributed by atoms with Crippen LogP contribution in [0.15, 0.2) is 48.7 Å². The topological polar surface area (TPSA) is 72.5 Å². The summed E-state index contributed by atoms with van der Waals surface area (Å²) in [6, 6.07) is 13.4. The SMILES string of the molecule is CC1(CCNc2ccnc(C(=O)NCc3ccccc3)c2)OCCO1. The second-order valence-corrected chi connectivity index (χ2v) is 6.11. The van der Waals surface area contributed by atoms with E-state index in [-0.39, 0.29) is 5.91 Å². The molecule has 2 heterocycles. The van der Waals surface area contributed by atoms with E-state index in [0.717, 1.165) is 17.7 Å². The number of rotatable bonds is 7. The first-order valence-corrected chi connectivity index (χ1v) is 8.45. The number of pyridine rings is 1. The number of nitrogens with one attached hydrogen (secondary N) is 2. The van der Waals surface area contributed by atoms with E-state index in [9.17, 15) is 4.79 Å². The highest BCUT2D eigenvalue weighted by Gasteiger charge is 2.30. The summed E-state index contributed by atoms with van der Waals surface area (Å²) < 4.78 is 11.2. The highest BCUT2D eigenvalue weighted by Crippen LogP contribution is 2.22. The molecule has 1 aliphatic heterocycles. The molecular weight excluding hydrogens is 318 g/mol. The van der Waals surface area contributed by atoms with Crippen molar-refractivity contribution in [2.24, 2.45) is 0 Å². The van der Waals surface area contributed by atoms with E-state index in [0.29, 0.717) is 32.0 Å². The Kier molecular flexibility index (Phi) is 5.63. The van der Waals surface area contributed by atoms with Gasteiger partial charge >= 0.3 is 0 Å². The van der Waals surface area contributed by atoms with Gasteiger partial charge in [-0.05, 0) is 24.6 Å². The van der Waals surface area contributed by atoms with Crippen LogP contribution in [-0.4, -0.2) is 36.4 Å². The second kappa shape index (κ2) is 8.09. The third-order valence-corrected chi connectivity index (χ3v) is 4.09. The number of benzene rings is 1. The van der Waals surface area contributed by atoms with E-state index < -0.39 is 5.79 Å². The first-order valence-electron chi connectivity index (χ1n) is 8.45. The maximum atomic E-state index is 12.3. The molecule has 1 aromatic heterocycles. The van der Waals surface area contributed by atoms with Crippen molar-refractivity contribution >= 4 is 11.6 Å². The van der Waals surface area contributed by atoms with Crippen molar-refractivity contribution in [2.75, 3.05) is 25.1 Å². The lowest BCUT2D eigenvalue weighted by Gasteiger charge is -2.22. The summed E-state index contributed by atoms with van der Waals surface area (Å²) in [5, 5.41) is 6.17. The fraction of sp³-hybridized carbons (Fsp3) is 0.368. The van der Waals surface area contributed by atoms with Gasteiger partial charge in [0.05, 0.1) is 13.2 Å². The van der Waals surface area contributed by atoms with Gasteiger partial charge in [-0.3, -0.25) is 9.78 Å². The predicted molar refractivity (Wildman–Crippen MR) is 95.3 cm³/mol. The number of nitrogens with zero attached hydrogens (tertiary/aromatic N) is 1. The molecule has 1 amide bonds. The van der Waals surface area contributed by atoms with Crippen LogP contribution in [0.5, 0.6) is 0 Å². The highest BCUT2D eigenvalue weighted by molar-refractivity contribution is 5.93. The van der Waals surface area contributed by atoms with Gasteiger partial charge in [-0.15, -0.1) is 0 Å². The van der Waals surface area contributed by atoms with Crippen LogP contribution in [-0.2, 0) is 16.0 Å². The number of aromatic nitrogens is 1. The summed E-state index contributed by atoms with van der Waals surface area (Å²) in [5.74, 6) is -0.711. The van der Waals surface area contributed by atoms with Crippen molar-refractivity contribution in [3.8, 4) is 0 Å². The fourth-order valence-electron chi connectivity index (χ4n) is 2.67. The summed E-state index contributed by atoms with van der Waals surface area (Å²) in [4.78, 5) is 16.4. The first kappa shape index (κ1) is 17.4. The number of ether oxygens (including phenoxy) is 2. The zero-order valence-electron chi connectivity index (χ0n) is 14.3. The van der Waals surface area contributed by atoms with Gasteiger partial charge in [0.25, 0.3) is 5.91 Å². The molecule has 0 aliphatic carbocycles. The molecule has 1 fully saturated rings. The highest BCUT2D eigenvalue weighted by atomic mass is 16.7. The van der Waals surface area contributed by atoms with Crippen LogP contribution < -0.4 is 10.6 Å². The molecule has 1 aromatic carbocycles. The molecule has 1 saturated heterocycles. The Hall–Kier alpha value is -2.44. The van der Waals surface area contributed by atoms with E-state index in [1.54, 1.807) is 12.3 Å². The number of hydrogen-bond donors (Lipinski definition) is 2. The molecule has 0 saturated carbocycles. The number of amides is 1. The minimum Gasteiger partial charge on any atom is -0.385 e. The normalized spacial score (nSPS) is 15.7. The van der Waals surface area contributed by atoms with Crippen molar-refractivity contribution in [3.63, 3.8) is 0 Å². The van der Waals surface area contributed by atoms with E-state index in [1.165, 1.54) is 0 Å². The zero-order chi connectivity index (χ0) is 17.5. The van der Waals surface area contributed by atoms with Gasteiger partial charge in [-0.1, -0.05) is 30.3 Å². The summed E-state index contributed by atoms with van der Waals surface area (Å²) in [5.41, 5.74) is 2.29. The molecule has 132 valence electrons. The summed E-state index contributed by atoms with van der Waals surface area (Å²) >= 11 is 0. The third-order valence-electron chi connectivity index (χ3n) is 4.09. The van der Waals surface area contributed by atoms with Crippen molar-refractivity contribution in [3.05, 3.63) is 59.9 Å². The fourth-order valence-corrected chi connectivity index (χ4v) is 2.67. The molecule has 2 N–H and O–H groups in total. The summed E-state index contributed by atoms with van der Waals surface area (Å²) in [6.07, 6.45) is 2.36. The predicted octanol–water partition coefficient (Wildman–Crippen LogP) is 2.58. The van der Waals surface area contributed by atoms with Crippen LogP contribution >= 0.6 is 0 Å². The number of carbonyl (C=O) groups is 1. The quantitative estimate of drug-likeness (QED) is 0.810. The van der Waals surface area contributed by atoms with Crippen molar-refractivity contribution in [2.45, 2.75) is 25.7 Å². The molecule has 2 aromatic rings.